The van der Waals surface area contributed by atoms with Crippen molar-refractivity contribution in [2.24, 2.45) is 0 Å². The Hall–Kier alpha value is -2.18. The SMILES string of the molecule is CCCc1nc(C(=O)Nc2cc(C(C)C)[nH]n2)n[nH]1. The number of aryl methyl sites for hydroxylation is 1. The molecule has 0 saturated heterocycles. The Morgan fingerprint density at radius 1 is 1.37 bits per heavy atom. The fourth-order valence-corrected chi connectivity index (χ4v) is 1.61. The van der Waals surface area contributed by atoms with Crippen LogP contribution in [0.25, 0.3) is 0 Å². The fraction of sp³-hybridized carbons (Fsp3) is 0.500. The number of carbonyl (C=O) groups is 1. The monoisotopic (exact) mass is 262 g/mol. The van der Waals surface area contributed by atoms with E-state index in [-0.39, 0.29) is 11.7 Å². The van der Waals surface area contributed by atoms with Gasteiger partial charge in [0.05, 0.1) is 0 Å². The summed E-state index contributed by atoms with van der Waals surface area (Å²) in [5.41, 5.74) is 0.969. The molecule has 2 heterocycles. The van der Waals surface area contributed by atoms with E-state index in [1.807, 2.05) is 26.8 Å². The molecule has 3 N–H and O–H groups in total. The van der Waals surface area contributed by atoms with E-state index in [9.17, 15) is 4.79 Å². The number of H-pyrrole nitrogens is 2. The minimum atomic E-state index is -0.361. The van der Waals surface area contributed by atoms with Gasteiger partial charge in [0.25, 0.3) is 5.91 Å². The van der Waals surface area contributed by atoms with E-state index in [1.54, 1.807) is 0 Å². The zero-order chi connectivity index (χ0) is 13.8. The second-order valence-corrected chi connectivity index (χ2v) is 4.67. The van der Waals surface area contributed by atoms with E-state index in [0.29, 0.717) is 11.7 Å². The van der Waals surface area contributed by atoms with Crippen LogP contribution in [0.2, 0.25) is 0 Å². The summed E-state index contributed by atoms with van der Waals surface area (Å²) in [6.45, 7) is 6.14. The zero-order valence-corrected chi connectivity index (χ0v) is 11.3. The summed E-state index contributed by atoms with van der Waals surface area (Å²) >= 11 is 0. The Labute approximate surface area is 111 Å². The molecule has 0 aliphatic heterocycles. The number of nitrogens with one attached hydrogen (secondary N) is 3. The molecule has 0 aliphatic rings. The number of carbonyl (C=O) groups excluding carboxylic acids is 1. The van der Waals surface area contributed by atoms with Gasteiger partial charge in [-0.1, -0.05) is 20.8 Å². The third kappa shape index (κ3) is 3.18. The van der Waals surface area contributed by atoms with Gasteiger partial charge in [-0.15, -0.1) is 5.10 Å². The quantitative estimate of drug-likeness (QED) is 0.765. The highest BCUT2D eigenvalue weighted by atomic mass is 16.2. The Morgan fingerprint density at radius 3 is 2.79 bits per heavy atom. The van der Waals surface area contributed by atoms with Gasteiger partial charge in [-0.05, 0) is 12.3 Å². The fourth-order valence-electron chi connectivity index (χ4n) is 1.61. The van der Waals surface area contributed by atoms with Crippen LogP contribution in [0.3, 0.4) is 0 Å². The summed E-state index contributed by atoms with van der Waals surface area (Å²) in [4.78, 5) is 16.0. The van der Waals surface area contributed by atoms with Crippen LogP contribution in [0.4, 0.5) is 5.82 Å². The van der Waals surface area contributed by atoms with Gasteiger partial charge in [-0.2, -0.15) is 5.10 Å². The number of hydrogen-bond donors (Lipinski definition) is 3. The summed E-state index contributed by atoms with van der Waals surface area (Å²) in [6.07, 6.45) is 1.73. The second kappa shape index (κ2) is 5.64. The molecule has 2 rings (SSSR count). The first kappa shape index (κ1) is 13.3. The van der Waals surface area contributed by atoms with E-state index >= 15 is 0 Å². The number of aromatic amines is 2. The first-order chi connectivity index (χ1) is 9.10. The van der Waals surface area contributed by atoms with E-state index in [4.69, 9.17) is 0 Å². The molecule has 102 valence electrons. The molecule has 2 aromatic rings. The molecule has 19 heavy (non-hydrogen) atoms. The zero-order valence-electron chi connectivity index (χ0n) is 11.3. The number of rotatable bonds is 5. The van der Waals surface area contributed by atoms with E-state index in [0.717, 1.165) is 24.4 Å². The number of hydrogen-bond acceptors (Lipinski definition) is 4. The van der Waals surface area contributed by atoms with Crippen LogP contribution in [-0.4, -0.2) is 31.3 Å². The third-order valence-corrected chi connectivity index (χ3v) is 2.68. The maximum atomic E-state index is 11.9. The molecule has 0 spiro atoms. The molecule has 2 aromatic heterocycles. The second-order valence-electron chi connectivity index (χ2n) is 4.67. The van der Waals surface area contributed by atoms with Crippen molar-refractivity contribution in [2.75, 3.05) is 5.32 Å². The van der Waals surface area contributed by atoms with Crippen LogP contribution in [0, 0.1) is 0 Å². The van der Waals surface area contributed by atoms with Crippen LogP contribution < -0.4 is 5.32 Å². The summed E-state index contributed by atoms with van der Waals surface area (Å²) in [5.74, 6) is 1.31. The molecule has 0 unspecified atom stereocenters. The lowest BCUT2D eigenvalue weighted by atomic mass is 10.1. The predicted octanol–water partition coefficient (Wildman–Crippen LogP) is 1.86. The minimum Gasteiger partial charge on any atom is -0.302 e. The molecular weight excluding hydrogens is 244 g/mol. The van der Waals surface area contributed by atoms with Gasteiger partial charge in [0.15, 0.2) is 5.82 Å². The Bertz CT molecular complexity index is 556. The van der Waals surface area contributed by atoms with E-state index < -0.39 is 0 Å². The highest BCUT2D eigenvalue weighted by Gasteiger charge is 2.14. The smallest absolute Gasteiger partial charge is 0.296 e. The van der Waals surface area contributed by atoms with Crippen molar-refractivity contribution in [3.8, 4) is 0 Å². The average Bonchev–Trinajstić information content (AvgIpc) is 2.98. The summed E-state index contributed by atoms with van der Waals surface area (Å²) < 4.78 is 0. The molecule has 0 atom stereocenters. The normalized spacial score (nSPS) is 10.9. The molecule has 0 aromatic carbocycles. The van der Waals surface area contributed by atoms with E-state index in [1.165, 1.54) is 0 Å². The van der Waals surface area contributed by atoms with Gasteiger partial charge in [-0.25, -0.2) is 4.98 Å². The molecule has 0 fully saturated rings. The van der Waals surface area contributed by atoms with Crippen molar-refractivity contribution in [3.05, 3.63) is 23.4 Å². The van der Waals surface area contributed by atoms with Gasteiger partial charge >= 0.3 is 0 Å². The Kier molecular flexibility index (Phi) is 3.94. The van der Waals surface area contributed by atoms with Crippen molar-refractivity contribution >= 4 is 11.7 Å². The summed E-state index contributed by atoms with van der Waals surface area (Å²) in [5, 5.41) is 16.2. The number of anilines is 1. The largest absolute Gasteiger partial charge is 0.302 e. The maximum absolute atomic E-state index is 11.9. The molecular formula is C12H18N6O. The van der Waals surface area contributed by atoms with Crippen molar-refractivity contribution in [1.82, 2.24) is 25.4 Å². The van der Waals surface area contributed by atoms with Crippen molar-refractivity contribution in [1.29, 1.82) is 0 Å². The maximum Gasteiger partial charge on any atom is 0.296 e. The first-order valence-corrected chi connectivity index (χ1v) is 6.38. The molecule has 0 radical (unpaired) electrons. The average molecular weight is 262 g/mol. The lowest BCUT2D eigenvalue weighted by Crippen LogP contribution is -2.14. The van der Waals surface area contributed by atoms with Crippen LogP contribution in [0.1, 0.15) is 55.2 Å². The molecule has 1 amide bonds. The number of nitrogens with zero attached hydrogens (tertiary/aromatic N) is 3. The number of amides is 1. The lowest BCUT2D eigenvalue weighted by Gasteiger charge is -1.97. The van der Waals surface area contributed by atoms with Crippen molar-refractivity contribution in [3.63, 3.8) is 0 Å². The van der Waals surface area contributed by atoms with Crippen LogP contribution >= 0.6 is 0 Å². The Morgan fingerprint density at radius 2 is 2.16 bits per heavy atom. The Balaban J connectivity index is 2.02. The van der Waals surface area contributed by atoms with Crippen LogP contribution in [0.5, 0.6) is 0 Å². The number of aromatic nitrogens is 5. The van der Waals surface area contributed by atoms with Crippen LogP contribution in [-0.2, 0) is 6.42 Å². The van der Waals surface area contributed by atoms with E-state index in [2.05, 4.69) is 30.7 Å². The highest BCUT2D eigenvalue weighted by Crippen LogP contribution is 2.15. The lowest BCUT2D eigenvalue weighted by molar-refractivity contribution is 0.101. The van der Waals surface area contributed by atoms with Gasteiger partial charge in [0, 0.05) is 18.2 Å². The summed E-state index contributed by atoms with van der Waals surface area (Å²) in [6, 6.07) is 1.81. The predicted molar refractivity (Wildman–Crippen MR) is 71.0 cm³/mol. The standard InChI is InChI=1S/C12H18N6O/c1-4-5-9-13-11(18-16-9)12(19)14-10-6-8(7(2)3)15-17-10/h6-7H,4-5H2,1-3H3,(H,13,16,18)(H2,14,15,17,19). The van der Waals surface area contributed by atoms with Gasteiger partial charge < -0.3 is 5.32 Å². The van der Waals surface area contributed by atoms with Crippen molar-refractivity contribution < 1.29 is 4.79 Å². The van der Waals surface area contributed by atoms with Gasteiger partial charge in [0.1, 0.15) is 5.82 Å². The first-order valence-electron chi connectivity index (χ1n) is 6.38. The molecule has 0 aliphatic carbocycles. The summed E-state index contributed by atoms with van der Waals surface area (Å²) in [7, 11) is 0. The minimum absolute atomic E-state index is 0.137. The third-order valence-electron chi connectivity index (χ3n) is 2.68. The molecule has 0 saturated carbocycles. The van der Waals surface area contributed by atoms with Gasteiger partial charge in [-0.3, -0.25) is 15.0 Å². The highest BCUT2D eigenvalue weighted by molar-refractivity contribution is 6.00. The van der Waals surface area contributed by atoms with Gasteiger partial charge in [0.2, 0.25) is 5.82 Å². The topological polar surface area (TPSA) is 99.3 Å². The van der Waals surface area contributed by atoms with Crippen LogP contribution in [0.15, 0.2) is 6.07 Å². The van der Waals surface area contributed by atoms with Crippen molar-refractivity contribution in [2.45, 2.75) is 39.5 Å². The molecule has 7 heteroatoms. The molecule has 0 bridgehead atoms. The molecule has 7 nitrogen and oxygen atoms in total.